The molecule has 2 aromatic carbocycles. The van der Waals surface area contributed by atoms with Gasteiger partial charge in [0.15, 0.2) is 6.61 Å². The number of nitrogens with zero attached hydrogens (tertiary/aromatic N) is 1. The Morgan fingerprint density at radius 2 is 1.83 bits per heavy atom. The lowest BCUT2D eigenvalue weighted by atomic mass is 10.0. The van der Waals surface area contributed by atoms with Crippen molar-refractivity contribution in [2.75, 3.05) is 18.1 Å². The number of para-hydroxylation sites is 1. The highest BCUT2D eigenvalue weighted by Crippen LogP contribution is 2.26. The smallest absolute Gasteiger partial charge is 0.338 e. The van der Waals surface area contributed by atoms with Crippen molar-refractivity contribution in [3.05, 3.63) is 59.7 Å². The molecule has 0 saturated heterocycles. The number of hydrogen-bond donors (Lipinski definition) is 1. The number of hydrogen-bond acceptors (Lipinski definition) is 4. The third-order valence-corrected chi connectivity index (χ3v) is 3.84. The predicted octanol–water partition coefficient (Wildman–Crippen LogP) is 2.53. The van der Waals surface area contributed by atoms with Crippen molar-refractivity contribution in [3.63, 3.8) is 0 Å². The van der Waals surface area contributed by atoms with Gasteiger partial charge >= 0.3 is 5.97 Å². The van der Waals surface area contributed by atoms with Gasteiger partial charge in [-0.05, 0) is 48.7 Å². The molecule has 0 radical (unpaired) electrons. The summed E-state index contributed by atoms with van der Waals surface area (Å²) in [7, 11) is 0. The zero-order chi connectivity index (χ0) is 16.2. The van der Waals surface area contributed by atoms with Gasteiger partial charge in [0.1, 0.15) is 5.75 Å². The van der Waals surface area contributed by atoms with E-state index in [0.717, 1.165) is 24.1 Å². The molecule has 1 amide bonds. The number of benzene rings is 2. The van der Waals surface area contributed by atoms with Crippen LogP contribution in [0.1, 0.15) is 22.3 Å². The predicted molar refractivity (Wildman–Crippen MR) is 85.5 cm³/mol. The molecular weight excluding hydrogens is 294 g/mol. The number of phenols is 1. The summed E-state index contributed by atoms with van der Waals surface area (Å²) >= 11 is 0. The summed E-state index contributed by atoms with van der Waals surface area (Å²) < 4.78 is 5.09. The number of rotatable bonds is 3. The Balaban J connectivity index is 1.64. The third-order valence-electron chi connectivity index (χ3n) is 3.84. The zero-order valence-corrected chi connectivity index (χ0v) is 12.6. The van der Waals surface area contributed by atoms with Crippen LogP contribution in [0.15, 0.2) is 48.5 Å². The molecule has 5 heteroatoms. The van der Waals surface area contributed by atoms with E-state index in [-0.39, 0.29) is 18.3 Å². The summed E-state index contributed by atoms with van der Waals surface area (Å²) in [5.74, 6) is -0.740. The standard InChI is InChI=1S/C18H17NO4/c20-15-9-7-14(8-10-15)18(22)23-12-17(21)19-11-3-5-13-4-1-2-6-16(13)19/h1-2,4,6-10,20H,3,5,11-12H2. The van der Waals surface area contributed by atoms with E-state index in [1.165, 1.54) is 24.3 Å². The first kappa shape index (κ1) is 15.1. The molecule has 1 aliphatic heterocycles. The number of carbonyl (C=O) groups excluding carboxylic acids is 2. The maximum atomic E-state index is 12.4. The monoisotopic (exact) mass is 311 g/mol. The van der Waals surface area contributed by atoms with Gasteiger partial charge in [-0.1, -0.05) is 18.2 Å². The molecule has 0 unspecified atom stereocenters. The van der Waals surface area contributed by atoms with Crippen molar-refractivity contribution in [1.82, 2.24) is 0 Å². The summed E-state index contributed by atoms with van der Waals surface area (Å²) in [6, 6.07) is 13.5. The Hall–Kier alpha value is -2.82. The number of aromatic hydroxyl groups is 1. The molecule has 0 saturated carbocycles. The molecule has 0 aliphatic carbocycles. The quantitative estimate of drug-likeness (QED) is 0.885. The Morgan fingerprint density at radius 1 is 1.09 bits per heavy atom. The van der Waals surface area contributed by atoms with E-state index in [0.29, 0.717) is 12.1 Å². The Bertz CT molecular complexity index is 724. The first-order valence-corrected chi connectivity index (χ1v) is 7.49. The van der Waals surface area contributed by atoms with Crippen molar-refractivity contribution < 1.29 is 19.4 Å². The molecule has 2 aromatic rings. The normalized spacial score (nSPS) is 13.3. The van der Waals surface area contributed by atoms with Crippen LogP contribution < -0.4 is 4.90 Å². The molecule has 1 heterocycles. The van der Waals surface area contributed by atoms with Gasteiger partial charge in [0.25, 0.3) is 5.91 Å². The Morgan fingerprint density at radius 3 is 2.61 bits per heavy atom. The number of anilines is 1. The number of carbonyl (C=O) groups is 2. The maximum Gasteiger partial charge on any atom is 0.338 e. The molecule has 0 spiro atoms. The molecule has 0 aromatic heterocycles. The second kappa shape index (κ2) is 6.52. The van der Waals surface area contributed by atoms with Crippen molar-refractivity contribution >= 4 is 17.6 Å². The van der Waals surface area contributed by atoms with Crippen molar-refractivity contribution in [2.45, 2.75) is 12.8 Å². The van der Waals surface area contributed by atoms with Crippen LogP contribution >= 0.6 is 0 Å². The molecule has 118 valence electrons. The van der Waals surface area contributed by atoms with Crippen molar-refractivity contribution in [3.8, 4) is 5.75 Å². The Kier molecular flexibility index (Phi) is 4.28. The van der Waals surface area contributed by atoms with Gasteiger partial charge in [-0.3, -0.25) is 4.79 Å². The lowest BCUT2D eigenvalue weighted by Crippen LogP contribution is -2.38. The second-order valence-electron chi connectivity index (χ2n) is 5.40. The zero-order valence-electron chi connectivity index (χ0n) is 12.6. The van der Waals surface area contributed by atoms with E-state index < -0.39 is 5.97 Å². The van der Waals surface area contributed by atoms with Crippen LogP contribution in [-0.2, 0) is 16.0 Å². The fourth-order valence-corrected chi connectivity index (χ4v) is 2.68. The van der Waals surface area contributed by atoms with Gasteiger partial charge in [-0.2, -0.15) is 0 Å². The lowest BCUT2D eigenvalue weighted by molar-refractivity contribution is -0.121. The summed E-state index contributed by atoms with van der Waals surface area (Å²) in [5.41, 5.74) is 2.33. The highest BCUT2D eigenvalue weighted by atomic mass is 16.5. The van der Waals surface area contributed by atoms with E-state index in [9.17, 15) is 14.7 Å². The number of amides is 1. The van der Waals surface area contributed by atoms with Crippen LogP contribution in [0.4, 0.5) is 5.69 Å². The molecule has 0 fully saturated rings. The molecule has 3 rings (SSSR count). The topological polar surface area (TPSA) is 66.8 Å². The van der Waals surface area contributed by atoms with Crippen LogP contribution in [0.25, 0.3) is 0 Å². The average Bonchev–Trinajstić information content (AvgIpc) is 2.59. The summed E-state index contributed by atoms with van der Waals surface area (Å²) in [6.07, 6.45) is 1.85. The molecule has 23 heavy (non-hydrogen) atoms. The van der Waals surface area contributed by atoms with Crippen molar-refractivity contribution in [2.24, 2.45) is 0 Å². The van der Waals surface area contributed by atoms with E-state index in [2.05, 4.69) is 0 Å². The number of ether oxygens (including phenoxy) is 1. The fourth-order valence-electron chi connectivity index (χ4n) is 2.68. The molecular formula is C18H17NO4. The highest BCUT2D eigenvalue weighted by Gasteiger charge is 2.23. The van der Waals surface area contributed by atoms with Crippen LogP contribution in [-0.4, -0.2) is 30.1 Å². The molecule has 1 N–H and O–H groups in total. The van der Waals surface area contributed by atoms with Crippen LogP contribution in [0, 0.1) is 0 Å². The SMILES string of the molecule is O=C(OCC(=O)N1CCCc2ccccc21)c1ccc(O)cc1. The van der Waals surface area contributed by atoms with Crippen LogP contribution in [0.5, 0.6) is 5.75 Å². The second-order valence-corrected chi connectivity index (χ2v) is 5.40. The van der Waals surface area contributed by atoms with Crippen LogP contribution in [0.3, 0.4) is 0 Å². The number of phenolic OH excluding ortho intramolecular Hbond substituents is 1. The van der Waals surface area contributed by atoms with E-state index >= 15 is 0 Å². The maximum absolute atomic E-state index is 12.4. The summed E-state index contributed by atoms with van der Waals surface area (Å²) in [6.45, 7) is 0.334. The van der Waals surface area contributed by atoms with E-state index in [4.69, 9.17) is 4.74 Å². The van der Waals surface area contributed by atoms with Gasteiger partial charge in [0.05, 0.1) is 5.56 Å². The molecule has 0 atom stereocenters. The highest BCUT2D eigenvalue weighted by molar-refractivity contribution is 5.97. The summed E-state index contributed by atoms with van der Waals surface area (Å²) in [4.78, 5) is 25.9. The summed E-state index contributed by atoms with van der Waals surface area (Å²) in [5, 5.41) is 9.21. The Labute approximate surface area is 134 Å². The molecule has 1 aliphatic rings. The van der Waals surface area contributed by atoms with Gasteiger partial charge in [0.2, 0.25) is 0 Å². The first-order valence-electron chi connectivity index (χ1n) is 7.49. The van der Waals surface area contributed by atoms with Gasteiger partial charge in [-0.15, -0.1) is 0 Å². The average molecular weight is 311 g/mol. The van der Waals surface area contributed by atoms with Crippen molar-refractivity contribution in [1.29, 1.82) is 0 Å². The van der Waals surface area contributed by atoms with E-state index in [1.54, 1.807) is 4.90 Å². The molecule has 0 bridgehead atoms. The minimum atomic E-state index is -0.580. The fraction of sp³-hybridized carbons (Fsp3) is 0.222. The number of esters is 1. The number of fused-ring (bicyclic) bond motifs is 1. The van der Waals surface area contributed by atoms with Gasteiger partial charge in [-0.25, -0.2) is 4.79 Å². The first-order chi connectivity index (χ1) is 11.1. The third kappa shape index (κ3) is 3.34. The largest absolute Gasteiger partial charge is 0.508 e. The van der Waals surface area contributed by atoms with Gasteiger partial charge < -0.3 is 14.7 Å². The molecule has 5 nitrogen and oxygen atoms in total. The van der Waals surface area contributed by atoms with Crippen LogP contribution in [0.2, 0.25) is 0 Å². The number of aryl methyl sites for hydroxylation is 1. The lowest BCUT2D eigenvalue weighted by Gasteiger charge is -2.29. The van der Waals surface area contributed by atoms with Gasteiger partial charge in [0, 0.05) is 12.2 Å². The minimum absolute atomic E-state index is 0.0718. The van der Waals surface area contributed by atoms with E-state index in [1.807, 2.05) is 24.3 Å². The minimum Gasteiger partial charge on any atom is -0.508 e.